The number of aliphatic hydroxyl groups excluding tert-OH is 1. The smallest absolute Gasteiger partial charge is 0.410 e. The Hall–Kier alpha value is -6.15. The van der Waals surface area contributed by atoms with E-state index < -0.39 is 90.2 Å². The van der Waals surface area contributed by atoms with Crippen LogP contribution in [-0.4, -0.2) is 323 Å². The molecule has 32 nitrogen and oxygen atoms in total. The molecule has 1 heterocycles. The van der Waals surface area contributed by atoms with Gasteiger partial charge in [0.1, 0.15) is 18.7 Å². The minimum Gasteiger partial charge on any atom is -0.445 e. The number of aliphatic hydroxyl groups is 1. The van der Waals surface area contributed by atoms with Crippen LogP contribution in [-0.2, 0) is 111 Å². The summed E-state index contributed by atoms with van der Waals surface area (Å²) in [6.45, 7) is 26.9. The molecule has 1 aliphatic heterocycles. The van der Waals surface area contributed by atoms with Crippen molar-refractivity contribution in [1.82, 2.24) is 30.7 Å². The van der Waals surface area contributed by atoms with Gasteiger partial charge in [0.2, 0.25) is 35.4 Å². The van der Waals surface area contributed by atoms with Crippen molar-refractivity contribution in [2.45, 2.75) is 168 Å². The van der Waals surface area contributed by atoms with E-state index in [-0.39, 0.29) is 55.6 Å². The van der Waals surface area contributed by atoms with Crippen molar-refractivity contribution in [2.75, 3.05) is 219 Å². The molecule has 32 heteroatoms. The van der Waals surface area contributed by atoms with Crippen LogP contribution in [0, 0.1) is 23.7 Å². The maximum Gasteiger partial charge on any atom is 0.410 e. The number of amides is 7. The van der Waals surface area contributed by atoms with E-state index >= 15 is 0 Å². The fourth-order valence-corrected chi connectivity index (χ4v) is 12.6. The number of unbranched alkanes of at least 4 members (excludes halogenated alkanes) is 1. The number of methoxy groups -OCH3 is 3. The number of rotatable bonds is 68. The number of anilines is 1. The van der Waals surface area contributed by atoms with Gasteiger partial charge >= 0.3 is 6.09 Å². The van der Waals surface area contributed by atoms with Crippen LogP contribution >= 0.6 is 0 Å². The molecule has 0 aromatic heterocycles. The van der Waals surface area contributed by atoms with Crippen molar-refractivity contribution in [3.63, 3.8) is 0 Å². The molecular formula is C81H140N8O24. The van der Waals surface area contributed by atoms with E-state index in [1.807, 2.05) is 45.9 Å². The summed E-state index contributed by atoms with van der Waals surface area (Å²) in [6.07, 6.45) is 0.571. The van der Waals surface area contributed by atoms with Crippen LogP contribution in [0.15, 0.2) is 54.6 Å². The average molecular weight is 1610 g/mol. The highest BCUT2D eigenvalue weighted by Gasteiger charge is 2.44. The topological polar surface area (TPSA) is 371 Å². The lowest BCUT2D eigenvalue weighted by molar-refractivity contribution is -0.148. The summed E-state index contributed by atoms with van der Waals surface area (Å²) in [5.41, 5.74) is 8.01. The maximum atomic E-state index is 14.8. The molecule has 0 spiro atoms. The fourth-order valence-electron chi connectivity index (χ4n) is 12.6. The molecule has 113 heavy (non-hydrogen) atoms. The van der Waals surface area contributed by atoms with Gasteiger partial charge in [0.25, 0.3) is 0 Å². The Morgan fingerprint density at radius 1 is 0.566 bits per heavy atom. The first-order chi connectivity index (χ1) is 54.5. The molecule has 0 radical (unpaired) electrons. The van der Waals surface area contributed by atoms with Crippen molar-refractivity contribution in [2.24, 2.45) is 29.4 Å². The van der Waals surface area contributed by atoms with Gasteiger partial charge in [-0.1, -0.05) is 97.4 Å². The van der Waals surface area contributed by atoms with Crippen LogP contribution in [0.3, 0.4) is 0 Å². The molecule has 0 unspecified atom stereocenters. The highest BCUT2D eigenvalue weighted by molar-refractivity contribution is 5.95. The highest BCUT2D eigenvalue weighted by atomic mass is 16.6. The Morgan fingerprint density at radius 2 is 1.04 bits per heavy atom. The van der Waals surface area contributed by atoms with E-state index in [1.54, 1.807) is 88.1 Å². The minimum absolute atomic E-state index is 0.0719. The van der Waals surface area contributed by atoms with Crippen LogP contribution in [0.4, 0.5) is 10.5 Å². The molecule has 11 atom stereocenters. The fraction of sp³-hybridized carbons (Fsp3) is 0.765. The van der Waals surface area contributed by atoms with Crippen LogP contribution in [0.2, 0.25) is 0 Å². The lowest BCUT2D eigenvalue weighted by Crippen LogP contribution is -2.60. The van der Waals surface area contributed by atoms with Crippen molar-refractivity contribution in [3.05, 3.63) is 65.7 Å². The first-order valence-electron chi connectivity index (χ1n) is 40.2. The van der Waals surface area contributed by atoms with Gasteiger partial charge in [0, 0.05) is 60.6 Å². The summed E-state index contributed by atoms with van der Waals surface area (Å²) in [6, 6.07) is 11.3. The molecule has 0 aliphatic carbocycles. The molecule has 648 valence electrons. The number of carbonyl (C=O) groups excluding carboxylic acids is 7. The monoisotopic (exact) mass is 1610 g/mol. The minimum atomic E-state index is -1.04. The van der Waals surface area contributed by atoms with Gasteiger partial charge in [-0.25, -0.2) is 4.79 Å². The highest BCUT2D eigenvalue weighted by Crippen LogP contribution is 2.31. The molecular weight excluding hydrogens is 1470 g/mol. The third kappa shape index (κ3) is 42.0. The van der Waals surface area contributed by atoms with Crippen molar-refractivity contribution in [3.8, 4) is 0 Å². The van der Waals surface area contributed by atoms with Crippen LogP contribution in [0.25, 0.3) is 0 Å². The molecule has 7 N–H and O–H groups in total. The van der Waals surface area contributed by atoms with Crippen LogP contribution in [0.1, 0.15) is 124 Å². The van der Waals surface area contributed by atoms with Gasteiger partial charge in [0.15, 0.2) is 0 Å². The van der Waals surface area contributed by atoms with E-state index in [1.165, 1.54) is 26.2 Å². The Morgan fingerprint density at radius 3 is 1.49 bits per heavy atom. The zero-order valence-electron chi connectivity index (χ0n) is 69.9. The second kappa shape index (κ2) is 62.1. The van der Waals surface area contributed by atoms with Crippen molar-refractivity contribution >= 4 is 47.2 Å². The second-order valence-corrected chi connectivity index (χ2v) is 28.6. The quantitative estimate of drug-likeness (QED) is 0.0453. The normalized spacial score (nSPS) is 15.7. The number of hydrogen-bond acceptors (Lipinski definition) is 25. The zero-order valence-corrected chi connectivity index (χ0v) is 69.9. The lowest BCUT2D eigenvalue weighted by atomic mass is 9.89. The molecule has 1 aliphatic rings. The van der Waals surface area contributed by atoms with Crippen molar-refractivity contribution < 1.29 is 114 Å². The third-order valence-electron chi connectivity index (χ3n) is 19.3. The van der Waals surface area contributed by atoms with Gasteiger partial charge in [0.05, 0.1) is 220 Å². The average Bonchev–Trinajstić information content (AvgIpc) is 1.76. The number of hydrogen-bond donors (Lipinski definition) is 6. The number of benzene rings is 2. The molecule has 7 amide bonds. The summed E-state index contributed by atoms with van der Waals surface area (Å²) in [5.74, 6) is -3.63. The Kier molecular flexibility index (Phi) is 55.6. The molecule has 1 fully saturated rings. The number of carbonyl (C=O) groups is 7. The van der Waals surface area contributed by atoms with Gasteiger partial charge in [-0.15, -0.1) is 0 Å². The summed E-state index contributed by atoms with van der Waals surface area (Å²) in [4.78, 5) is 101. The lowest BCUT2D eigenvalue weighted by Gasteiger charge is -2.41. The summed E-state index contributed by atoms with van der Waals surface area (Å²) in [5, 5.41) is 22.6. The first kappa shape index (κ1) is 101. The van der Waals surface area contributed by atoms with Crippen LogP contribution in [0.5, 0.6) is 0 Å². The SMILES string of the molecule is CC[C@H](C)[C@@H]([C@@H](CC(=O)N1CCC[C@H]1[C@H](OC)[C@@H](C)C(=O)N[C@H](C)[C@@H](O)c1ccccc1)OC)N(C)C(=O)[C@@H](NC(=O)[C@H](C(C)C)N(C)C(=O)OCc1ccc(NC(=O)[C@@H](N)CCCCNC(=O)CCOCCOCCOCCOCCOCCOCCOCCOCCOCCOCCOCCOCCOC)cc1)C(C)C. The Balaban J connectivity index is 1.24. The number of nitrogens with two attached hydrogens (primary N) is 1. The van der Waals surface area contributed by atoms with Gasteiger partial charge < -0.3 is 118 Å². The van der Waals surface area contributed by atoms with E-state index in [0.717, 1.165) is 0 Å². The van der Waals surface area contributed by atoms with E-state index in [2.05, 4.69) is 21.3 Å². The standard InChI is InChI=1S/C81H140N8O24/c1-14-61(6)74(69(99-12)57-71(91)89-31-20-24-68(89)76(100-13)62(7)77(93)84-63(8)75(92)65-21-16-15-17-22-65)87(9)80(96)72(59(2)3)86-79(95)73(60(4)5)88(10)81(97)113-58-64-25-27-66(28-26-64)85-78(94)67(82)23-18-19-30-83-70(90)29-32-101-35-36-103-39-40-105-43-44-107-47-48-109-51-52-111-55-56-112-54-53-110-50-49-108-46-45-106-42-41-104-38-37-102-34-33-98-11/h15-17,21-22,25-28,59-63,67-69,72-76,92H,14,18-20,23-24,29-58,82H2,1-13H3,(H,83,90)(H,84,93)(H,85,94)(H,86,95)/t61-,62+,63+,67-,68-,69+,72-,73-,74-,75+,76+/m0/s1. The number of nitrogens with zero attached hydrogens (tertiary/aromatic N) is 3. The Bertz CT molecular complexity index is 2840. The van der Waals surface area contributed by atoms with Gasteiger partial charge in [-0.3, -0.25) is 33.7 Å². The largest absolute Gasteiger partial charge is 0.445 e. The molecule has 0 saturated carbocycles. The Labute approximate surface area is 671 Å². The van der Waals surface area contributed by atoms with Crippen LogP contribution < -0.4 is 27.0 Å². The number of likely N-dealkylation sites (N-methyl/N-ethyl adjacent to an activating group) is 2. The van der Waals surface area contributed by atoms with Gasteiger partial charge in [-0.05, 0) is 80.0 Å². The summed E-state index contributed by atoms with van der Waals surface area (Å²) in [7, 11) is 7.80. The number of likely N-dealkylation sites (tertiary alicyclic amines) is 1. The maximum absolute atomic E-state index is 14.8. The summed E-state index contributed by atoms with van der Waals surface area (Å²) >= 11 is 0. The third-order valence-corrected chi connectivity index (χ3v) is 19.3. The van der Waals surface area contributed by atoms with E-state index in [4.69, 9.17) is 81.5 Å². The molecule has 0 bridgehead atoms. The zero-order chi connectivity index (χ0) is 83.0. The summed E-state index contributed by atoms with van der Waals surface area (Å²) < 4.78 is 88.6. The molecule has 1 saturated heterocycles. The van der Waals surface area contributed by atoms with E-state index in [0.29, 0.717) is 227 Å². The molecule has 2 aromatic carbocycles. The van der Waals surface area contributed by atoms with Gasteiger partial charge in [-0.2, -0.15) is 0 Å². The predicted molar refractivity (Wildman–Crippen MR) is 425 cm³/mol. The van der Waals surface area contributed by atoms with E-state index in [9.17, 15) is 38.7 Å². The predicted octanol–water partition coefficient (Wildman–Crippen LogP) is 5.37. The number of ether oxygens (including phenoxy) is 16. The van der Waals surface area contributed by atoms with Crippen molar-refractivity contribution in [1.29, 1.82) is 0 Å². The number of nitrogens with one attached hydrogen (secondary N) is 4. The second-order valence-electron chi connectivity index (χ2n) is 28.6. The first-order valence-corrected chi connectivity index (χ1v) is 40.2. The molecule has 3 rings (SSSR count). The molecule has 2 aromatic rings.